The van der Waals surface area contributed by atoms with Gasteiger partial charge < -0.3 is 9.47 Å². The molecule has 6 heteroatoms. The highest BCUT2D eigenvalue weighted by atomic mass is 16.2. The molecule has 5 aromatic rings. The first-order valence-corrected chi connectivity index (χ1v) is 10.4. The van der Waals surface area contributed by atoms with Crippen molar-refractivity contribution in [2.75, 3.05) is 7.05 Å². The number of aromatic nitrogens is 3. The summed E-state index contributed by atoms with van der Waals surface area (Å²) in [5.74, 6) is -0.0450. The summed E-state index contributed by atoms with van der Waals surface area (Å²) in [6.45, 7) is 0.590. The number of likely N-dealkylation sites (N-methyl/N-ethyl adjacent to an activating group) is 1. The van der Waals surface area contributed by atoms with E-state index in [1.165, 1.54) is 0 Å². The van der Waals surface area contributed by atoms with Crippen LogP contribution in [0.4, 0.5) is 0 Å². The Bertz CT molecular complexity index is 1420. The number of para-hydroxylation sites is 3. The van der Waals surface area contributed by atoms with Crippen LogP contribution in [0.25, 0.3) is 27.5 Å². The minimum absolute atomic E-state index is 0.0124. The molecule has 5 rings (SSSR count). The van der Waals surface area contributed by atoms with Gasteiger partial charge in [-0.25, -0.2) is 4.68 Å². The van der Waals surface area contributed by atoms with E-state index in [2.05, 4.69) is 5.10 Å². The number of amides is 1. The average Bonchev–Trinajstić information content (AvgIpc) is 3.30. The van der Waals surface area contributed by atoms with Crippen LogP contribution in [0.1, 0.15) is 5.56 Å². The molecule has 32 heavy (non-hydrogen) atoms. The van der Waals surface area contributed by atoms with Gasteiger partial charge in [0.2, 0.25) is 5.91 Å². The molecule has 0 N–H and O–H groups in total. The minimum Gasteiger partial charge on any atom is -0.340 e. The van der Waals surface area contributed by atoms with Crippen molar-refractivity contribution in [1.29, 1.82) is 0 Å². The monoisotopic (exact) mass is 422 g/mol. The molecule has 0 aliphatic rings. The molecule has 6 nitrogen and oxygen atoms in total. The van der Waals surface area contributed by atoms with Crippen LogP contribution >= 0.6 is 0 Å². The van der Waals surface area contributed by atoms with Gasteiger partial charge in [-0.1, -0.05) is 42.5 Å². The van der Waals surface area contributed by atoms with Gasteiger partial charge in [0.05, 0.1) is 22.9 Å². The molecular formula is C26H22N4O2. The molecule has 0 aliphatic heterocycles. The van der Waals surface area contributed by atoms with Crippen LogP contribution in [0.3, 0.4) is 0 Å². The Hall–Kier alpha value is -4.19. The van der Waals surface area contributed by atoms with Gasteiger partial charge in [-0.3, -0.25) is 9.59 Å². The van der Waals surface area contributed by atoms with Crippen molar-refractivity contribution in [2.24, 2.45) is 0 Å². The molecule has 0 saturated carbocycles. The lowest BCUT2D eigenvalue weighted by molar-refractivity contribution is -0.130. The number of carbonyl (C=O) groups excluding carboxylic acids is 1. The van der Waals surface area contributed by atoms with E-state index in [0.717, 1.165) is 22.3 Å². The third-order valence-corrected chi connectivity index (χ3v) is 5.67. The third-order valence-electron chi connectivity index (χ3n) is 5.67. The highest BCUT2D eigenvalue weighted by Crippen LogP contribution is 2.19. The largest absolute Gasteiger partial charge is 0.340 e. The van der Waals surface area contributed by atoms with E-state index in [9.17, 15) is 9.59 Å². The maximum atomic E-state index is 13.2. The van der Waals surface area contributed by atoms with Crippen molar-refractivity contribution >= 4 is 27.7 Å². The molecule has 0 bridgehead atoms. The van der Waals surface area contributed by atoms with E-state index in [1.807, 2.05) is 89.6 Å². The third kappa shape index (κ3) is 3.56. The first kappa shape index (κ1) is 19.8. The summed E-state index contributed by atoms with van der Waals surface area (Å²) in [6, 6.07) is 24.7. The lowest BCUT2D eigenvalue weighted by Crippen LogP contribution is -2.30. The zero-order valence-electron chi connectivity index (χ0n) is 17.7. The van der Waals surface area contributed by atoms with Crippen molar-refractivity contribution in [2.45, 2.75) is 13.1 Å². The molecule has 0 radical (unpaired) electrons. The van der Waals surface area contributed by atoms with Crippen LogP contribution < -0.4 is 5.43 Å². The second-order valence-electron chi connectivity index (χ2n) is 7.83. The number of pyridine rings is 1. The van der Waals surface area contributed by atoms with Crippen LogP contribution in [0, 0.1) is 0 Å². The summed E-state index contributed by atoms with van der Waals surface area (Å²) in [5.41, 5.74) is 3.42. The fourth-order valence-corrected chi connectivity index (χ4v) is 4.03. The van der Waals surface area contributed by atoms with E-state index in [0.29, 0.717) is 17.3 Å². The highest BCUT2D eigenvalue weighted by Gasteiger charge is 2.16. The Morgan fingerprint density at radius 1 is 0.875 bits per heavy atom. The molecule has 1 amide bonds. The van der Waals surface area contributed by atoms with Crippen molar-refractivity contribution in [1.82, 2.24) is 19.2 Å². The Kier molecular flexibility index (Phi) is 5.03. The maximum Gasteiger partial charge on any atom is 0.242 e. The van der Waals surface area contributed by atoms with Crippen LogP contribution in [-0.2, 0) is 17.9 Å². The van der Waals surface area contributed by atoms with E-state index in [-0.39, 0.29) is 17.9 Å². The Morgan fingerprint density at radius 2 is 1.47 bits per heavy atom. The zero-order chi connectivity index (χ0) is 22.1. The number of rotatable bonds is 5. The number of nitrogens with zero attached hydrogens (tertiary/aromatic N) is 4. The van der Waals surface area contributed by atoms with Crippen molar-refractivity contribution in [3.8, 4) is 5.69 Å². The minimum atomic E-state index is -0.0450. The van der Waals surface area contributed by atoms with Gasteiger partial charge in [0.25, 0.3) is 0 Å². The van der Waals surface area contributed by atoms with Gasteiger partial charge in [0.15, 0.2) is 5.43 Å². The Labute approximate surface area is 184 Å². The van der Waals surface area contributed by atoms with Gasteiger partial charge in [0, 0.05) is 36.1 Å². The van der Waals surface area contributed by atoms with Crippen molar-refractivity contribution in [3.63, 3.8) is 0 Å². The van der Waals surface area contributed by atoms with Crippen LogP contribution in [0.15, 0.2) is 96.1 Å². The first-order valence-electron chi connectivity index (χ1n) is 10.4. The fourth-order valence-electron chi connectivity index (χ4n) is 4.03. The van der Waals surface area contributed by atoms with Gasteiger partial charge in [-0.15, -0.1) is 0 Å². The number of fused-ring (bicyclic) bond motifs is 2. The number of carbonyl (C=O) groups is 1. The first-order chi connectivity index (χ1) is 15.6. The molecule has 0 aliphatic carbocycles. The Morgan fingerprint density at radius 3 is 2.12 bits per heavy atom. The molecule has 0 fully saturated rings. The summed E-state index contributed by atoms with van der Waals surface area (Å²) >= 11 is 0. The van der Waals surface area contributed by atoms with Gasteiger partial charge in [0.1, 0.15) is 6.54 Å². The summed E-state index contributed by atoms with van der Waals surface area (Å²) in [4.78, 5) is 27.8. The van der Waals surface area contributed by atoms with Gasteiger partial charge in [-0.2, -0.15) is 5.10 Å². The number of hydrogen-bond donors (Lipinski definition) is 0. The predicted molar refractivity (Wildman–Crippen MR) is 126 cm³/mol. The van der Waals surface area contributed by atoms with Crippen molar-refractivity contribution in [3.05, 3.63) is 107 Å². The second kappa shape index (κ2) is 8.15. The van der Waals surface area contributed by atoms with Gasteiger partial charge >= 0.3 is 0 Å². The van der Waals surface area contributed by atoms with E-state index in [4.69, 9.17) is 0 Å². The Balaban J connectivity index is 1.43. The standard InChI is InChI=1S/C26H22N4O2/c1-28(16-19-15-27-30(17-19)20-9-3-2-4-10-20)25(31)18-29-23-13-7-5-11-21(23)26(32)22-12-6-8-14-24(22)29/h2-15,17H,16,18H2,1H3. The molecule has 2 aromatic heterocycles. The van der Waals surface area contributed by atoms with Gasteiger partial charge in [-0.05, 0) is 36.4 Å². The van der Waals surface area contributed by atoms with E-state index in [1.54, 1.807) is 22.8 Å². The quantitative estimate of drug-likeness (QED) is 0.402. The number of benzene rings is 3. The topological polar surface area (TPSA) is 60.1 Å². The van der Waals surface area contributed by atoms with Crippen LogP contribution in [0.2, 0.25) is 0 Å². The summed E-state index contributed by atoms with van der Waals surface area (Å²) in [5, 5.41) is 5.65. The van der Waals surface area contributed by atoms with E-state index < -0.39 is 0 Å². The zero-order valence-corrected chi connectivity index (χ0v) is 17.7. The SMILES string of the molecule is CN(Cc1cnn(-c2ccccc2)c1)C(=O)Cn1c2ccccc2c(=O)c2ccccc21. The molecule has 0 atom stereocenters. The van der Waals surface area contributed by atoms with Crippen molar-refractivity contribution < 1.29 is 4.79 Å². The molecule has 2 heterocycles. The fraction of sp³-hybridized carbons (Fsp3) is 0.115. The normalized spacial score (nSPS) is 11.2. The molecule has 3 aromatic carbocycles. The molecule has 0 spiro atoms. The lowest BCUT2D eigenvalue weighted by atomic mass is 10.1. The maximum absolute atomic E-state index is 13.2. The molecule has 158 valence electrons. The average molecular weight is 422 g/mol. The molecule has 0 saturated heterocycles. The molecular weight excluding hydrogens is 400 g/mol. The summed E-state index contributed by atoms with van der Waals surface area (Å²) < 4.78 is 3.73. The summed E-state index contributed by atoms with van der Waals surface area (Å²) in [6.07, 6.45) is 3.71. The highest BCUT2D eigenvalue weighted by molar-refractivity contribution is 5.94. The van der Waals surface area contributed by atoms with Crippen LogP contribution in [-0.4, -0.2) is 32.2 Å². The van der Waals surface area contributed by atoms with Crippen LogP contribution in [0.5, 0.6) is 0 Å². The smallest absolute Gasteiger partial charge is 0.242 e. The predicted octanol–water partition coefficient (Wildman–Crippen LogP) is 4.00. The lowest BCUT2D eigenvalue weighted by Gasteiger charge is -2.20. The second-order valence-corrected chi connectivity index (χ2v) is 7.83. The van der Waals surface area contributed by atoms with E-state index >= 15 is 0 Å². The molecule has 0 unspecified atom stereocenters. The number of hydrogen-bond acceptors (Lipinski definition) is 3. The summed E-state index contributed by atoms with van der Waals surface area (Å²) in [7, 11) is 1.79.